The number of ether oxygens (including phenoxy) is 1. The number of halogens is 1. The number of nitrogens with zero attached hydrogens (tertiary/aromatic N) is 6. The Hall–Kier alpha value is -4.69. The smallest absolute Gasteiger partial charge is 0.320 e. The van der Waals surface area contributed by atoms with Gasteiger partial charge < -0.3 is 20.1 Å². The lowest BCUT2D eigenvalue weighted by molar-refractivity contribution is 0.251. The third-order valence-corrected chi connectivity index (χ3v) is 10.7. The Bertz CT molecular complexity index is 2170. The molecule has 264 valence electrons. The normalized spacial score (nSPS) is 11.7. The molecule has 0 aliphatic heterocycles. The number of anilines is 1. The van der Waals surface area contributed by atoms with Gasteiger partial charge in [0.05, 0.1) is 21.7 Å². The molecule has 51 heavy (non-hydrogen) atoms. The fourth-order valence-corrected chi connectivity index (χ4v) is 6.58. The lowest BCUT2D eigenvalue weighted by atomic mass is 10.1. The molecule has 0 bridgehead atoms. The van der Waals surface area contributed by atoms with Crippen LogP contribution in [0.5, 0.6) is 11.5 Å². The van der Waals surface area contributed by atoms with Gasteiger partial charge in [-0.05, 0) is 88.3 Å². The van der Waals surface area contributed by atoms with Crippen LogP contribution in [0.3, 0.4) is 0 Å². The van der Waals surface area contributed by atoms with Gasteiger partial charge in [-0.2, -0.15) is 16.9 Å². The summed E-state index contributed by atoms with van der Waals surface area (Å²) in [6.45, 7) is 5.84. The Morgan fingerprint density at radius 1 is 1.02 bits per heavy atom. The number of hydrogen-bond acceptors (Lipinski definition) is 9. The van der Waals surface area contributed by atoms with Crippen molar-refractivity contribution >= 4 is 52.6 Å². The van der Waals surface area contributed by atoms with Crippen LogP contribution in [0.25, 0.3) is 22.7 Å². The highest BCUT2D eigenvalue weighted by Gasteiger charge is 2.25. The molecule has 14 heteroatoms. The van der Waals surface area contributed by atoms with E-state index in [4.69, 9.17) is 21.4 Å². The molecular weight excluding hydrogens is 704 g/mol. The van der Waals surface area contributed by atoms with Crippen molar-refractivity contribution in [1.82, 2.24) is 34.6 Å². The number of aromatic hydroxyl groups is 1. The summed E-state index contributed by atoms with van der Waals surface area (Å²) in [5.74, 6) is 1.81. The number of fused-ring (bicyclic) bond motifs is 1. The summed E-state index contributed by atoms with van der Waals surface area (Å²) in [4.78, 5) is 17.4. The van der Waals surface area contributed by atoms with Crippen molar-refractivity contribution in [3.8, 4) is 28.6 Å². The molecule has 3 aromatic carbocycles. The number of amides is 2. The average Bonchev–Trinajstić information content (AvgIpc) is 3.74. The lowest BCUT2D eigenvalue weighted by Crippen LogP contribution is -2.29. The second kappa shape index (κ2) is 15.7. The molecule has 0 saturated carbocycles. The predicted molar refractivity (Wildman–Crippen MR) is 206 cm³/mol. The molecule has 0 saturated heterocycles. The summed E-state index contributed by atoms with van der Waals surface area (Å²) in [5, 5.41) is 30.5. The molecular formula is C37H39ClN8O3S2. The summed E-state index contributed by atoms with van der Waals surface area (Å²) in [5.41, 5.74) is 3.67. The highest BCUT2D eigenvalue weighted by molar-refractivity contribution is 7.99. The van der Waals surface area contributed by atoms with E-state index in [1.165, 1.54) is 6.07 Å². The minimum absolute atomic E-state index is 0.0619. The Kier molecular flexibility index (Phi) is 11.1. The zero-order chi connectivity index (χ0) is 36.1. The maximum absolute atomic E-state index is 13.4. The standard InChI is InChI=1S/C37H39ClN8O3S2/c1-37(2,50-5)32-21-34(46(43-32)26-10-8-11-27(20-26)49-18-17-44(3)4)40-36(48)39-22-24-9-6-7-12-31(24)51-28-14-16-33-41-42-35(45(33)23-28)29-19-25(38)13-15-30(29)47/h6-16,19-21,23,47H,17-18,22H2,1-5H3,(H2,39,40,48). The van der Waals surface area contributed by atoms with Crippen LogP contribution in [-0.2, 0) is 11.3 Å². The molecule has 6 aromatic rings. The molecule has 0 fully saturated rings. The summed E-state index contributed by atoms with van der Waals surface area (Å²) in [6.07, 6.45) is 3.96. The van der Waals surface area contributed by atoms with E-state index in [1.807, 2.05) is 97.7 Å². The van der Waals surface area contributed by atoms with E-state index in [-0.39, 0.29) is 23.1 Å². The number of thioether (sulfide) groups is 1. The van der Waals surface area contributed by atoms with Crippen LogP contribution in [0.1, 0.15) is 25.1 Å². The third-order valence-electron chi connectivity index (χ3n) is 8.16. The van der Waals surface area contributed by atoms with E-state index >= 15 is 0 Å². The molecule has 6 rings (SSSR count). The number of aromatic nitrogens is 5. The first kappa shape index (κ1) is 36.1. The molecule has 3 heterocycles. The Labute approximate surface area is 310 Å². The van der Waals surface area contributed by atoms with E-state index in [1.54, 1.807) is 40.3 Å². The predicted octanol–water partition coefficient (Wildman–Crippen LogP) is 7.95. The van der Waals surface area contributed by atoms with Gasteiger partial charge in [-0.15, -0.1) is 10.2 Å². The minimum atomic E-state index is -0.361. The first-order valence-corrected chi connectivity index (χ1v) is 18.6. The number of carbonyl (C=O) groups is 1. The van der Waals surface area contributed by atoms with E-state index < -0.39 is 0 Å². The molecule has 0 spiro atoms. The van der Waals surface area contributed by atoms with Gasteiger partial charge in [-0.25, -0.2) is 9.48 Å². The summed E-state index contributed by atoms with van der Waals surface area (Å²) >= 11 is 9.44. The van der Waals surface area contributed by atoms with Crippen molar-refractivity contribution in [1.29, 1.82) is 0 Å². The zero-order valence-electron chi connectivity index (χ0n) is 28.9. The summed E-state index contributed by atoms with van der Waals surface area (Å²) in [6, 6.07) is 25.8. The van der Waals surface area contributed by atoms with Crippen molar-refractivity contribution in [2.24, 2.45) is 0 Å². The molecule has 11 nitrogen and oxygen atoms in total. The second-order valence-electron chi connectivity index (χ2n) is 12.5. The number of rotatable bonds is 13. The topological polar surface area (TPSA) is 122 Å². The van der Waals surface area contributed by atoms with Crippen molar-refractivity contribution in [3.63, 3.8) is 0 Å². The molecule has 0 radical (unpaired) electrons. The van der Waals surface area contributed by atoms with E-state index in [9.17, 15) is 9.90 Å². The van der Waals surface area contributed by atoms with E-state index in [2.05, 4.69) is 39.6 Å². The number of urea groups is 1. The van der Waals surface area contributed by atoms with Gasteiger partial charge >= 0.3 is 6.03 Å². The average molecular weight is 743 g/mol. The summed E-state index contributed by atoms with van der Waals surface area (Å²) < 4.78 is 9.27. The molecule has 3 aromatic heterocycles. The van der Waals surface area contributed by atoms with Gasteiger partial charge in [0.15, 0.2) is 11.5 Å². The maximum Gasteiger partial charge on any atom is 0.320 e. The van der Waals surface area contributed by atoms with Crippen molar-refractivity contribution < 1.29 is 14.6 Å². The third kappa shape index (κ3) is 8.62. The van der Waals surface area contributed by atoms with E-state index in [0.29, 0.717) is 34.5 Å². The van der Waals surface area contributed by atoms with Gasteiger partial charge in [-0.1, -0.05) is 47.6 Å². The first-order valence-electron chi connectivity index (χ1n) is 16.2. The Balaban J connectivity index is 1.19. The van der Waals surface area contributed by atoms with Crippen molar-refractivity contribution in [2.75, 3.05) is 38.8 Å². The minimum Gasteiger partial charge on any atom is -0.507 e. The maximum atomic E-state index is 13.4. The Morgan fingerprint density at radius 3 is 2.65 bits per heavy atom. The SMILES string of the molecule is CSC(C)(C)c1cc(NC(=O)NCc2ccccc2Sc2ccc3nnc(-c4cc(Cl)ccc4O)n3c2)n(-c2cccc(OCCN(C)C)c2)n1. The van der Waals surface area contributed by atoms with Gasteiger partial charge in [0.25, 0.3) is 0 Å². The van der Waals surface area contributed by atoms with Gasteiger partial charge in [0.2, 0.25) is 0 Å². The molecule has 3 N–H and O–H groups in total. The van der Waals surface area contributed by atoms with Gasteiger partial charge in [0, 0.05) is 46.2 Å². The highest BCUT2D eigenvalue weighted by Crippen LogP contribution is 2.36. The number of carbonyl (C=O) groups excluding carboxylic acids is 1. The van der Waals surface area contributed by atoms with Crippen LogP contribution in [0.2, 0.25) is 5.02 Å². The van der Waals surface area contributed by atoms with Crippen LogP contribution in [-0.4, -0.2) is 73.9 Å². The summed E-state index contributed by atoms with van der Waals surface area (Å²) in [7, 11) is 4.01. The van der Waals surface area contributed by atoms with E-state index in [0.717, 1.165) is 39.0 Å². The molecule has 0 atom stereocenters. The number of likely N-dealkylation sites (N-methyl/N-ethyl adjacent to an activating group) is 1. The molecule has 0 aliphatic rings. The van der Waals surface area contributed by atoms with Gasteiger partial charge in [-0.3, -0.25) is 9.72 Å². The Morgan fingerprint density at radius 2 is 1.84 bits per heavy atom. The van der Waals surface area contributed by atoms with Crippen LogP contribution < -0.4 is 15.4 Å². The lowest BCUT2D eigenvalue weighted by Gasteiger charge is -2.18. The van der Waals surface area contributed by atoms with Crippen molar-refractivity contribution in [3.05, 3.63) is 107 Å². The number of pyridine rings is 1. The fraction of sp³-hybridized carbons (Fsp3) is 0.243. The number of benzene rings is 3. The largest absolute Gasteiger partial charge is 0.507 e. The number of phenolic OH excluding ortho intramolecular Hbond substituents is 1. The number of hydrogen-bond donors (Lipinski definition) is 3. The number of phenols is 1. The second-order valence-corrected chi connectivity index (χ2v) is 15.5. The van der Waals surface area contributed by atoms with Crippen molar-refractivity contribution in [2.45, 2.75) is 34.9 Å². The quantitative estimate of drug-likeness (QED) is 0.108. The molecule has 0 unspecified atom stereocenters. The number of nitrogens with one attached hydrogen (secondary N) is 2. The zero-order valence-corrected chi connectivity index (χ0v) is 31.3. The highest BCUT2D eigenvalue weighted by atomic mass is 35.5. The fourth-order valence-electron chi connectivity index (χ4n) is 5.13. The van der Waals surface area contributed by atoms with Gasteiger partial charge in [0.1, 0.15) is 23.9 Å². The first-order chi connectivity index (χ1) is 24.5. The van der Waals surface area contributed by atoms with Crippen LogP contribution in [0.4, 0.5) is 10.6 Å². The van der Waals surface area contributed by atoms with Crippen LogP contribution in [0.15, 0.2) is 101 Å². The monoisotopic (exact) mass is 742 g/mol. The van der Waals surface area contributed by atoms with Crippen LogP contribution >= 0.6 is 35.1 Å². The molecule has 2 amide bonds. The van der Waals surface area contributed by atoms with Crippen LogP contribution in [0, 0.1) is 0 Å². The molecule has 0 aliphatic carbocycles.